The first-order chi connectivity index (χ1) is 8.29. The molecule has 0 aliphatic carbocycles. The third kappa shape index (κ3) is 3.07. The van der Waals surface area contributed by atoms with Crippen molar-refractivity contribution in [2.24, 2.45) is 0 Å². The van der Waals surface area contributed by atoms with Crippen LogP contribution >= 0.6 is 0 Å². The van der Waals surface area contributed by atoms with E-state index in [4.69, 9.17) is 9.15 Å². The monoisotopic (exact) mass is 235 g/mol. The molecular weight excluding hydrogens is 221 g/mol. The molecule has 1 N–H and O–H groups in total. The van der Waals surface area contributed by atoms with Gasteiger partial charge in [-0.25, -0.2) is 4.39 Å². The lowest BCUT2D eigenvalue weighted by Crippen LogP contribution is -2.13. The van der Waals surface area contributed by atoms with Crippen molar-refractivity contribution in [3.63, 3.8) is 0 Å². The van der Waals surface area contributed by atoms with Crippen LogP contribution in [-0.4, -0.2) is 7.11 Å². The van der Waals surface area contributed by atoms with Crippen LogP contribution in [0.4, 0.5) is 4.39 Å². The number of hydrogen-bond acceptors (Lipinski definition) is 3. The van der Waals surface area contributed by atoms with Gasteiger partial charge in [0.05, 0.1) is 19.6 Å². The van der Waals surface area contributed by atoms with Gasteiger partial charge in [-0.15, -0.1) is 0 Å². The van der Waals surface area contributed by atoms with E-state index in [1.54, 1.807) is 24.7 Å². The summed E-state index contributed by atoms with van der Waals surface area (Å²) in [6.07, 6.45) is 3.28. The molecule has 0 aliphatic heterocycles. The van der Waals surface area contributed by atoms with Crippen LogP contribution in [0.15, 0.2) is 41.2 Å². The fraction of sp³-hybridized carbons (Fsp3) is 0.231. The molecule has 1 heterocycles. The summed E-state index contributed by atoms with van der Waals surface area (Å²) in [5.41, 5.74) is 1.66. The Morgan fingerprint density at radius 2 is 2.18 bits per heavy atom. The van der Waals surface area contributed by atoms with Gasteiger partial charge in [-0.2, -0.15) is 0 Å². The number of nitrogens with one attached hydrogen (secondary N) is 1. The van der Waals surface area contributed by atoms with Crippen LogP contribution in [0.2, 0.25) is 0 Å². The van der Waals surface area contributed by atoms with Gasteiger partial charge in [-0.1, -0.05) is 6.07 Å². The van der Waals surface area contributed by atoms with Crippen LogP contribution in [0.3, 0.4) is 0 Å². The fourth-order valence-corrected chi connectivity index (χ4v) is 1.53. The Kier molecular flexibility index (Phi) is 3.77. The van der Waals surface area contributed by atoms with Crippen LogP contribution < -0.4 is 10.1 Å². The largest absolute Gasteiger partial charge is 0.497 e. The van der Waals surface area contributed by atoms with E-state index in [1.807, 2.05) is 6.07 Å². The van der Waals surface area contributed by atoms with Crippen molar-refractivity contribution in [1.82, 2.24) is 5.32 Å². The number of methoxy groups -OCH3 is 1. The summed E-state index contributed by atoms with van der Waals surface area (Å²) < 4.78 is 23.4. The van der Waals surface area contributed by atoms with Gasteiger partial charge in [0.1, 0.15) is 11.6 Å². The van der Waals surface area contributed by atoms with Crippen LogP contribution in [0.25, 0.3) is 0 Å². The minimum atomic E-state index is -0.260. The second-order valence-electron chi connectivity index (χ2n) is 3.69. The lowest BCUT2D eigenvalue weighted by Gasteiger charge is -2.06. The maximum Gasteiger partial charge on any atom is 0.131 e. The van der Waals surface area contributed by atoms with Crippen molar-refractivity contribution in [2.75, 3.05) is 7.11 Å². The lowest BCUT2D eigenvalue weighted by atomic mass is 10.2. The second-order valence-corrected chi connectivity index (χ2v) is 3.69. The van der Waals surface area contributed by atoms with E-state index in [2.05, 4.69) is 5.32 Å². The van der Waals surface area contributed by atoms with Crippen molar-refractivity contribution in [3.8, 4) is 5.75 Å². The number of rotatable bonds is 5. The normalized spacial score (nSPS) is 10.5. The summed E-state index contributed by atoms with van der Waals surface area (Å²) in [5, 5.41) is 3.14. The highest BCUT2D eigenvalue weighted by molar-refractivity contribution is 5.28. The number of furan rings is 1. The van der Waals surface area contributed by atoms with Gasteiger partial charge in [-0.3, -0.25) is 0 Å². The summed E-state index contributed by atoms with van der Waals surface area (Å²) in [5.74, 6) is 0.269. The molecule has 0 saturated carbocycles. The zero-order chi connectivity index (χ0) is 12.1. The van der Waals surface area contributed by atoms with Crippen molar-refractivity contribution >= 4 is 0 Å². The SMILES string of the molecule is COc1ccc(CNCc2ccoc2)c(F)c1. The van der Waals surface area contributed by atoms with E-state index in [0.717, 1.165) is 5.56 Å². The molecular formula is C13H14FNO2. The molecule has 3 nitrogen and oxygen atoms in total. The third-order valence-electron chi connectivity index (χ3n) is 2.48. The lowest BCUT2D eigenvalue weighted by molar-refractivity contribution is 0.410. The molecule has 0 radical (unpaired) electrons. The summed E-state index contributed by atoms with van der Waals surface area (Å²) >= 11 is 0. The molecule has 0 amide bonds. The van der Waals surface area contributed by atoms with Crippen LogP contribution in [0.1, 0.15) is 11.1 Å². The highest BCUT2D eigenvalue weighted by Crippen LogP contribution is 2.16. The Labute approximate surface area is 99.2 Å². The molecule has 2 rings (SSSR count). The Hall–Kier alpha value is -1.81. The number of hydrogen-bond donors (Lipinski definition) is 1. The van der Waals surface area contributed by atoms with Crippen molar-refractivity contribution < 1.29 is 13.5 Å². The highest BCUT2D eigenvalue weighted by Gasteiger charge is 2.03. The average Bonchev–Trinajstić information content (AvgIpc) is 2.84. The number of benzene rings is 1. The minimum Gasteiger partial charge on any atom is -0.497 e. The Morgan fingerprint density at radius 1 is 1.29 bits per heavy atom. The van der Waals surface area contributed by atoms with Crippen LogP contribution in [0.5, 0.6) is 5.75 Å². The van der Waals surface area contributed by atoms with Crippen LogP contribution in [0, 0.1) is 5.82 Å². The first kappa shape index (κ1) is 11.7. The van der Waals surface area contributed by atoms with Gasteiger partial charge in [0, 0.05) is 30.3 Å². The van der Waals surface area contributed by atoms with Gasteiger partial charge in [0.25, 0.3) is 0 Å². The molecule has 1 aromatic heterocycles. The first-order valence-corrected chi connectivity index (χ1v) is 5.34. The quantitative estimate of drug-likeness (QED) is 0.865. The Bertz CT molecular complexity index is 468. The predicted molar refractivity (Wildman–Crippen MR) is 62.2 cm³/mol. The van der Waals surface area contributed by atoms with E-state index >= 15 is 0 Å². The summed E-state index contributed by atoms with van der Waals surface area (Å²) in [6, 6.07) is 6.72. The maximum atomic E-state index is 13.6. The van der Waals surface area contributed by atoms with Gasteiger partial charge in [-0.05, 0) is 12.1 Å². The van der Waals surface area contributed by atoms with E-state index in [9.17, 15) is 4.39 Å². The van der Waals surface area contributed by atoms with Gasteiger partial charge in [0.2, 0.25) is 0 Å². The molecule has 2 aromatic rings. The molecule has 0 saturated heterocycles. The van der Waals surface area contributed by atoms with Crippen molar-refractivity contribution in [2.45, 2.75) is 13.1 Å². The molecule has 0 unspecified atom stereocenters. The van der Waals surface area contributed by atoms with E-state index < -0.39 is 0 Å². The first-order valence-electron chi connectivity index (χ1n) is 5.34. The molecule has 1 aromatic carbocycles. The highest BCUT2D eigenvalue weighted by atomic mass is 19.1. The zero-order valence-corrected chi connectivity index (χ0v) is 9.57. The molecule has 4 heteroatoms. The van der Waals surface area contributed by atoms with Gasteiger partial charge < -0.3 is 14.5 Å². The summed E-state index contributed by atoms with van der Waals surface area (Å²) in [6.45, 7) is 1.13. The molecule has 0 fully saturated rings. The van der Waals surface area contributed by atoms with E-state index in [1.165, 1.54) is 13.2 Å². The topological polar surface area (TPSA) is 34.4 Å². The van der Waals surface area contributed by atoms with Crippen LogP contribution in [-0.2, 0) is 13.1 Å². The van der Waals surface area contributed by atoms with E-state index in [-0.39, 0.29) is 5.82 Å². The molecule has 17 heavy (non-hydrogen) atoms. The number of ether oxygens (including phenoxy) is 1. The fourth-order valence-electron chi connectivity index (χ4n) is 1.53. The van der Waals surface area contributed by atoms with Crippen molar-refractivity contribution in [3.05, 3.63) is 53.7 Å². The maximum absolute atomic E-state index is 13.6. The molecule has 0 atom stereocenters. The van der Waals surface area contributed by atoms with Crippen molar-refractivity contribution in [1.29, 1.82) is 0 Å². The Morgan fingerprint density at radius 3 is 2.82 bits per heavy atom. The predicted octanol–water partition coefficient (Wildman–Crippen LogP) is 2.72. The molecule has 90 valence electrons. The second kappa shape index (κ2) is 5.50. The average molecular weight is 235 g/mol. The summed E-state index contributed by atoms with van der Waals surface area (Å²) in [4.78, 5) is 0. The minimum absolute atomic E-state index is 0.260. The number of halogens is 1. The van der Waals surface area contributed by atoms with Gasteiger partial charge >= 0.3 is 0 Å². The zero-order valence-electron chi connectivity index (χ0n) is 9.57. The smallest absolute Gasteiger partial charge is 0.131 e. The summed E-state index contributed by atoms with van der Waals surface area (Å²) in [7, 11) is 1.52. The standard InChI is InChI=1S/C13H14FNO2/c1-16-12-3-2-11(13(14)6-12)8-15-7-10-4-5-17-9-10/h2-6,9,15H,7-8H2,1H3. The molecule has 0 spiro atoms. The third-order valence-corrected chi connectivity index (χ3v) is 2.48. The molecule has 0 bridgehead atoms. The molecule has 0 aliphatic rings. The Balaban J connectivity index is 1.90. The van der Waals surface area contributed by atoms with E-state index in [0.29, 0.717) is 24.4 Å². The van der Waals surface area contributed by atoms with Gasteiger partial charge in [0.15, 0.2) is 0 Å².